The van der Waals surface area contributed by atoms with Gasteiger partial charge in [-0.1, -0.05) is 11.6 Å². The highest BCUT2D eigenvalue weighted by atomic mass is 16.5. The van der Waals surface area contributed by atoms with Crippen molar-refractivity contribution in [2.24, 2.45) is 0 Å². The molecule has 0 saturated heterocycles. The summed E-state index contributed by atoms with van der Waals surface area (Å²) >= 11 is 0. The van der Waals surface area contributed by atoms with Crippen LogP contribution in [0.15, 0.2) is 30.0 Å². The summed E-state index contributed by atoms with van der Waals surface area (Å²) < 4.78 is 4.73. The number of aromatic nitrogens is 1. The second-order valence-corrected chi connectivity index (χ2v) is 4.06. The lowest BCUT2D eigenvalue weighted by Gasteiger charge is -2.15. The van der Waals surface area contributed by atoms with Crippen molar-refractivity contribution in [1.82, 2.24) is 10.3 Å². The van der Waals surface area contributed by atoms with Gasteiger partial charge >= 0.3 is 5.97 Å². The van der Waals surface area contributed by atoms with Gasteiger partial charge in [-0.15, -0.1) is 0 Å². The maximum absolute atomic E-state index is 11.6. The SMILES string of the molecule is COC(=O)c1cccnc1NCC1=CCNCC1. The molecule has 1 aliphatic rings. The molecule has 0 fully saturated rings. The molecule has 1 aliphatic heterocycles. The van der Waals surface area contributed by atoms with E-state index in [9.17, 15) is 4.79 Å². The van der Waals surface area contributed by atoms with Crippen LogP contribution < -0.4 is 10.6 Å². The zero-order valence-corrected chi connectivity index (χ0v) is 10.4. The van der Waals surface area contributed by atoms with E-state index in [4.69, 9.17) is 4.74 Å². The van der Waals surface area contributed by atoms with Crippen molar-refractivity contribution >= 4 is 11.8 Å². The zero-order chi connectivity index (χ0) is 12.8. The average molecular weight is 247 g/mol. The van der Waals surface area contributed by atoms with Crippen LogP contribution in [-0.4, -0.2) is 37.7 Å². The number of hydrogen-bond acceptors (Lipinski definition) is 5. The number of nitrogens with zero attached hydrogens (tertiary/aromatic N) is 1. The molecule has 2 rings (SSSR count). The molecule has 96 valence electrons. The first-order chi connectivity index (χ1) is 8.81. The highest BCUT2D eigenvalue weighted by Crippen LogP contribution is 2.14. The topological polar surface area (TPSA) is 63.2 Å². The second kappa shape index (κ2) is 6.16. The van der Waals surface area contributed by atoms with Crippen LogP contribution in [-0.2, 0) is 4.74 Å². The van der Waals surface area contributed by atoms with E-state index in [1.54, 1.807) is 18.3 Å². The van der Waals surface area contributed by atoms with E-state index >= 15 is 0 Å². The van der Waals surface area contributed by atoms with Crippen LogP contribution in [0, 0.1) is 0 Å². The third-order valence-electron chi connectivity index (χ3n) is 2.85. The Morgan fingerprint density at radius 2 is 2.50 bits per heavy atom. The van der Waals surface area contributed by atoms with E-state index in [1.165, 1.54) is 12.7 Å². The van der Waals surface area contributed by atoms with Gasteiger partial charge in [0.1, 0.15) is 11.4 Å². The fourth-order valence-corrected chi connectivity index (χ4v) is 1.85. The van der Waals surface area contributed by atoms with Crippen molar-refractivity contribution in [3.8, 4) is 0 Å². The number of nitrogens with one attached hydrogen (secondary N) is 2. The third-order valence-corrected chi connectivity index (χ3v) is 2.85. The molecule has 1 aromatic heterocycles. The van der Waals surface area contributed by atoms with Crippen LogP contribution in [0.3, 0.4) is 0 Å². The molecule has 0 bridgehead atoms. The fraction of sp³-hybridized carbons (Fsp3) is 0.385. The first-order valence-corrected chi connectivity index (χ1v) is 5.97. The van der Waals surface area contributed by atoms with Gasteiger partial charge in [-0.3, -0.25) is 0 Å². The average Bonchev–Trinajstić information content (AvgIpc) is 2.45. The number of methoxy groups -OCH3 is 1. The molecule has 0 amide bonds. The molecule has 5 heteroatoms. The van der Waals surface area contributed by atoms with Crippen LogP contribution in [0.5, 0.6) is 0 Å². The standard InChI is InChI=1S/C13H17N3O2/c1-18-13(17)11-3-2-6-15-12(11)16-9-10-4-7-14-8-5-10/h2-4,6,14H,5,7-9H2,1H3,(H,15,16). The molecule has 1 aromatic rings. The summed E-state index contributed by atoms with van der Waals surface area (Å²) in [6, 6.07) is 3.43. The van der Waals surface area contributed by atoms with Crippen LogP contribution in [0.25, 0.3) is 0 Å². The van der Waals surface area contributed by atoms with Gasteiger partial charge < -0.3 is 15.4 Å². The normalized spacial score (nSPS) is 14.8. The molecule has 0 atom stereocenters. The summed E-state index contributed by atoms with van der Waals surface area (Å²) in [7, 11) is 1.37. The highest BCUT2D eigenvalue weighted by Gasteiger charge is 2.12. The lowest BCUT2D eigenvalue weighted by Crippen LogP contribution is -2.23. The smallest absolute Gasteiger partial charge is 0.341 e. The van der Waals surface area contributed by atoms with E-state index in [-0.39, 0.29) is 5.97 Å². The third kappa shape index (κ3) is 3.07. The Morgan fingerprint density at radius 3 is 3.22 bits per heavy atom. The summed E-state index contributed by atoms with van der Waals surface area (Å²) in [4.78, 5) is 15.7. The lowest BCUT2D eigenvalue weighted by molar-refractivity contribution is 0.0601. The van der Waals surface area contributed by atoms with Gasteiger partial charge in [0.15, 0.2) is 0 Å². The Balaban J connectivity index is 2.04. The molecular weight excluding hydrogens is 230 g/mol. The Kier molecular flexibility index (Phi) is 4.30. The molecule has 18 heavy (non-hydrogen) atoms. The molecule has 0 radical (unpaired) electrons. The zero-order valence-electron chi connectivity index (χ0n) is 10.4. The molecule has 0 spiro atoms. The predicted molar refractivity (Wildman–Crippen MR) is 69.6 cm³/mol. The van der Waals surface area contributed by atoms with Gasteiger partial charge in [0.25, 0.3) is 0 Å². The van der Waals surface area contributed by atoms with Crippen molar-refractivity contribution in [3.05, 3.63) is 35.5 Å². The molecule has 2 N–H and O–H groups in total. The summed E-state index contributed by atoms with van der Waals surface area (Å²) in [5.74, 6) is 0.202. The molecule has 5 nitrogen and oxygen atoms in total. The molecule has 0 saturated carbocycles. The molecule has 0 aliphatic carbocycles. The van der Waals surface area contributed by atoms with E-state index in [0.717, 1.165) is 19.5 Å². The van der Waals surface area contributed by atoms with E-state index < -0.39 is 0 Å². The fourth-order valence-electron chi connectivity index (χ4n) is 1.85. The summed E-state index contributed by atoms with van der Waals surface area (Å²) in [6.45, 7) is 2.62. The molecular formula is C13H17N3O2. The van der Waals surface area contributed by atoms with Crippen molar-refractivity contribution in [2.75, 3.05) is 32.1 Å². The molecule has 0 aromatic carbocycles. The van der Waals surface area contributed by atoms with E-state index in [2.05, 4.69) is 21.7 Å². The quantitative estimate of drug-likeness (QED) is 0.618. The van der Waals surface area contributed by atoms with Crippen molar-refractivity contribution in [3.63, 3.8) is 0 Å². The largest absolute Gasteiger partial charge is 0.465 e. The maximum atomic E-state index is 11.6. The predicted octanol–water partition coefficient (Wildman–Crippen LogP) is 1.20. The number of esters is 1. The molecule has 0 unspecified atom stereocenters. The van der Waals surface area contributed by atoms with Gasteiger partial charge in [-0.2, -0.15) is 0 Å². The first kappa shape index (κ1) is 12.6. The minimum atomic E-state index is -0.370. The van der Waals surface area contributed by atoms with Gasteiger partial charge in [0.2, 0.25) is 0 Å². The van der Waals surface area contributed by atoms with Gasteiger partial charge in [-0.25, -0.2) is 9.78 Å². The van der Waals surface area contributed by atoms with Gasteiger partial charge in [-0.05, 0) is 25.1 Å². The van der Waals surface area contributed by atoms with Gasteiger partial charge in [0.05, 0.1) is 7.11 Å². The Hall–Kier alpha value is -1.88. The lowest BCUT2D eigenvalue weighted by atomic mass is 10.1. The Morgan fingerprint density at radius 1 is 1.61 bits per heavy atom. The number of hydrogen-bond donors (Lipinski definition) is 2. The van der Waals surface area contributed by atoms with Crippen LogP contribution in [0.1, 0.15) is 16.8 Å². The summed E-state index contributed by atoms with van der Waals surface area (Å²) in [6.07, 6.45) is 4.84. The number of anilines is 1. The summed E-state index contributed by atoms with van der Waals surface area (Å²) in [5.41, 5.74) is 1.80. The van der Waals surface area contributed by atoms with E-state index in [0.29, 0.717) is 17.9 Å². The Labute approximate surface area is 106 Å². The monoisotopic (exact) mass is 247 g/mol. The minimum Gasteiger partial charge on any atom is -0.465 e. The maximum Gasteiger partial charge on any atom is 0.341 e. The number of carbonyl (C=O) groups excluding carboxylic acids is 1. The summed E-state index contributed by atoms with van der Waals surface area (Å²) in [5, 5.41) is 6.45. The number of rotatable bonds is 4. The van der Waals surface area contributed by atoms with Crippen molar-refractivity contribution < 1.29 is 9.53 Å². The minimum absolute atomic E-state index is 0.370. The van der Waals surface area contributed by atoms with Gasteiger partial charge in [0, 0.05) is 19.3 Å². The highest BCUT2D eigenvalue weighted by molar-refractivity contribution is 5.94. The number of pyridine rings is 1. The Bertz CT molecular complexity index is 457. The molecule has 2 heterocycles. The van der Waals surface area contributed by atoms with Crippen LogP contribution in [0.2, 0.25) is 0 Å². The first-order valence-electron chi connectivity index (χ1n) is 5.97. The number of ether oxygens (including phenoxy) is 1. The number of carbonyl (C=O) groups is 1. The van der Waals surface area contributed by atoms with E-state index in [1.807, 2.05) is 0 Å². The van der Waals surface area contributed by atoms with Crippen molar-refractivity contribution in [2.45, 2.75) is 6.42 Å². The van der Waals surface area contributed by atoms with Crippen molar-refractivity contribution in [1.29, 1.82) is 0 Å². The van der Waals surface area contributed by atoms with Crippen LogP contribution in [0.4, 0.5) is 5.82 Å². The second-order valence-electron chi connectivity index (χ2n) is 4.06. The van der Waals surface area contributed by atoms with Crippen LogP contribution >= 0.6 is 0 Å².